The third-order valence-electron chi connectivity index (χ3n) is 2.66. The summed E-state index contributed by atoms with van der Waals surface area (Å²) in [5, 5.41) is 2.67. The Hall–Kier alpha value is -1.91. The number of fused-ring (bicyclic) bond motifs is 1. The van der Waals surface area contributed by atoms with Crippen molar-refractivity contribution in [3.63, 3.8) is 0 Å². The molecule has 1 aliphatic rings. The SMILES string of the molecule is CCOC(=O)[C@@H]1C(=O)NCc2ccc(C)nc21. The molecule has 5 heteroatoms. The molecule has 90 valence electrons. The fraction of sp³-hybridized carbons (Fsp3) is 0.417. The summed E-state index contributed by atoms with van der Waals surface area (Å²) in [6, 6.07) is 3.74. The van der Waals surface area contributed by atoms with E-state index in [0.29, 0.717) is 12.2 Å². The van der Waals surface area contributed by atoms with Gasteiger partial charge in [0.05, 0.1) is 12.3 Å². The van der Waals surface area contributed by atoms with Gasteiger partial charge in [-0.15, -0.1) is 0 Å². The number of aromatic nitrogens is 1. The smallest absolute Gasteiger partial charge is 0.324 e. The minimum absolute atomic E-state index is 0.254. The molecule has 0 unspecified atom stereocenters. The summed E-state index contributed by atoms with van der Waals surface area (Å²) in [5.74, 6) is -1.81. The molecule has 0 radical (unpaired) electrons. The number of aryl methyl sites for hydroxylation is 1. The third kappa shape index (κ3) is 2.13. The number of nitrogens with one attached hydrogen (secondary N) is 1. The van der Waals surface area contributed by atoms with Gasteiger partial charge in [0.15, 0.2) is 5.92 Å². The molecular weight excluding hydrogens is 220 g/mol. The molecule has 1 aliphatic heterocycles. The second-order valence-corrected chi connectivity index (χ2v) is 3.90. The first-order chi connectivity index (χ1) is 8.13. The highest BCUT2D eigenvalue weighted by Gasteiger charge is 2.36. The van der Waals surface area contributed by atoms with Gasteiger partial charge in [-0.05, 0) is 25.5 Å². The second-order valence-electron chi connectivity index (χ2n) is 3.90. The number of carbonyl (C=O) groups is 2. The van der Waals surface area contributed by atoms with Crippen molar-refractivity contribution in [3.05, 3.63) is 29.1 Å². The van der Waals surface area contributed by atoms with Crippen LogP contribution in [0.3, 0.4) is 0 Å². The van der Waals surface area contributed by atoms with Gasteiger partial charge >= 0.3 is 5.97 Å². The van der Waals surface area contributed by atoms with E-state index in [-0.39, 0.29) is 12.5 Å². The molecule has 2 heterocycles. The number of pyridine rings is 1. The molecule has 0 aromatic carbocycles. The summed E-state index contributed by atoms with van der Waals surface area (Å²) < 4.78 is 4.91. The van der Waals surface area contributed by atoms with Crippen LogP contribution in [0.4, 0.5) is 0 Å². The standard InChI is InChI=1S/C12H14N2O3/c1-3-17-12(16)9-10-8(6-13-11(9)15)5-4-7(2)14-10/h4-5,9H,3,6H2,1-2H3,(H,13,15)/t9-/m0/s1. The predicted molar refractivity (Wildman–Crippen MR) is 60.2 cm³/mol. The Bertz CT molecular complexity index is 471. The highest BCUT2D eigenvalue weighted by Crippen LogP contribution is 2.24. The number of amides is 1. The van der Waals surface area contributed by atoms with Gasteiger partial charge in [-0.3, -0.25) is 14.6 Å². The van der Waals surface area contributed by atoms with E-state index in [2.05, 4.69) is 10.3 Å². The zero-order valence-corrected chi connectivity index (χ0v) is 9.82. The van der Waals surface area contributed by atoms with E-state index in [1.165, 1.54) is 0 Å². The Morgan fingerprint density at radius 3 is 3.06 bits per heavy atom. The van der Waals surface area contributed by atoms with Crippen molar-refractivity contribution in [1.29, 1.82) is 0 Å². The monoisotopic (exact) mass is 234 g/mol. The Kier molecular flexibility index (Phi) is 3.08. The number of carbonyl (C=O) groups excluding carboxylic acids is 2. The molecule has 5 nitrogen and oxygen atoms in total. The third-order valence-corrected chi connectivity index (χ3v) is 2.66. The first-order valence-corrected chi connectivity index (χ1v) is 5.54. The van der Waals surface area contributed by atoms with Gasteiger partial charge in [0.25, 0.3) is 0 Å². The molecule has 0 bridgehead atoms. The van der Waals surface area contributed by atoms with Crippen LogP contribution in [0.15, 0.2) is 12.1 Å². The van der Waals surface area contributed by atoms with Crippen molar-refractivity contribution in [3.8, 4) is 0 Å². The number of esters is 1. The average molecular weight is 234 g/mol. The zero-order valence-electron chi connectivity index (χ0n) is 9.82. The summed E-state index contributed by atoms with van der Waals surface area (Å²) in [7, 11) is 0. The first-order valence-electron chi connectivity index (χ1n) is 5.54. The minimum Gasteiger partial charge on any atom is -0.465 e. The van der Waals surface area contributed by atoms with Crippen molar-refractivity contribution in [2.24, 2.45) is 0 Å². The molecule has 0 saturated heterocycles. The molecule has 0 saturated carbocycles. The van der Waals surface area contributed by atoms with Crippen LogP contribution in [0.1, 0.15) is 29.8 Å². The van der Waals surface area contributed by atoms with Crippen LogP contribution in [0.5, 0.6) is 0 Å². The van der Waals surface area contributed by atoms with Crippen molar-refractivity contribution in [2.45, 2.75) is 26.3 Å². The second kappa shape index (κ2) is 4.53. The van der Waals surface area contributed by atoms with E-state index in [0.717, 1.165) is 11.3 Å². The maximum absolute atomic E-state index is 11.8. The summed E-state index contributed by atoms with van der Waals surface area (Å²) in [4.78, 5) is 27.8. The van der Waals surface area contributed by atoms with Crippen LogP contribution in [0.25, 0.3) is 0 Å². The van der Waals surface area contributed by atoms with Crippen LogP contribution in [-0.4, -0.2) is 23.5 Å². The van der Waals surface area contributed by atoms with Crippen LogP contribution in [0, 0.1) is 6.92 Å². The molecule has 0 spiro atoms. The highest BCUT2D eigenvalue weighted by molar-refractivity contribution is 6.04. The summed E-state index contributed by atoms with van der Waals surface area (Å²) in [6.07, 6.45) is 0. The van der Waals surface area contributed by atoms with E-state index >= 15 is 0 Å². The van der Waals surface area contributed by atoms with E-state index in [9.17, 15) is 9.59 Å². The Balaban J connectivity index is 2.42. The highest BCUT2D eigenvalue weighted by atomic mass is 16.5. The van der Waals surface area contributed by atoms with Gasteiger partial charge in [0.1, 0.15) is 0 Å². The number of rotatable bonds is 2. The van der Waals surface area contributed by atoms with Crippen molar-refractivity contribution < 1.29 is 14.3 Å². The molecular formula is C12H14N2O3. The maximum Gasteiger partial charge on any atom is 0.324 e. The molecule has 0 fully saturated rings. The average Bonchev–Trinajstić information content (AvgIpc) is 2.28. The van der Waals surface area contributed by atoms with Gasteiger partial charge in [-0.1, -0.05) is 6.07 Å². The molecule has 17 heavy (non-hydrogen) atoms. The lowest BCUT2D eigenvalue weighted by Gasteiger charge is -2.23. The Morgan fingerprint density at radius 2 is 2.35 bits per heavy atom. The normalized spacial score (nSPS) is 18.2. The lowest BCUT2D eigenvalue weighted by Crippen LogP contribution is -2.40. The van der Waals surface area contributed by atoms with Crippen molar-refractivity contribution in [1.82, 2.24) is 10.3 Å². The van der Waals surface area contributed by atoms with Gasteiger partial charge in [0.2, 0.25) is 5.91 Å². The first kappa shape index (κ1) is 11.6. The van der Waals surface area contributed by atoms with Crippen LogP contribution in [-0.2, 0) is 20.9 Å². The lowest BCUT2D eigenvalue weighted by molar-refractivity contribution is -0.148. The fourth-order valence-corrected chi connectivity index (χ4v) is 1.86. The van der Waals surface area contributed by atoms with Crippen LogP contribution in [0.2, 0.25) is 0 Å². The largest absolute Gasteiger partial charge is 0.465 e. The van der Waals surface area contributed by atoms with Gasteiger partial charge < -0.3 is 10.1 Å². The number of ether oxygens (including phenoxy) is 1. The molecule has 1 atom stereocenters. The molecule has 1 aromatic rings. The number of hydrogen-bond acceptors (Lipinski definition) is 4. The van der Waals surface area contributed by atoms with E-state index in [1.54, 1.807) is 6.92 Å². The zero-order chi connectivity index (χ0) is 12.4. The van der Waals surface area contributed by atoms with Crippen molar-refractivity contribution in [2.75, 3.05) is 6.61 Å². The van der Waals surface area contributed by atoms with Crippen LogP contribution < -0.4 is 5.32 Å². The summed E-state index contributed by atoms with van der Waals surface area (Å²) in [6.45, 7) is 4.21. The minimum atomic E-state index is -0.932. The summed E-state index contributed by atoms with van der Waals surface area (Å²) >= 11 is 0. The Morgan fingerprint density at radius 1 is 1.59 bits per heavy atom. The molecule has 0 aliphatic carbocycles. The van der Waals surface area contributed by atoms with Gasteiger partial charge in [0, 0.05) is 12.2 Å². The van der Waals surface area contributed by atoms with E-state index in [4.69, 9.17) is 4.74 Å². The topological polar surface area (TPSA) is 68.3 Å². The lowest BCUT2D eigenvalue weighted by atomic mass is 9.95. The van der Waals surface area contributed by atoms with E-state index < -0.39 is 11.9 Å². The maximum atomic E-state index is 11.8. The summed E-state index contributed by atoms with van der Waals surface area (Å²) in [5.41, 5.74) is 2.17. The van der Waals surface area contributed by atoms with Gasteiger partial charge in [-0.25, -0.2) is 0 Å². The number of nitrogens with zero attached hydrogens (tertiary/aromatic N) is 1. The predicted octanol–water partition coefficient (Wildman–Crippen LogP) is 0.667. The number of hydrogen-bond donors (Lipinski definition) is 1. The molecule has 1 N–H and O–H groups in total. The molecule has 1 amide bonds. The molecule has 2 rings (SSSR count). The van der Waals surface area contributed by atoms with E-state index in [1.807, 2.05) is 19.1 Å². The Labute approximate surface area is 99.2 Å². The molecule has 1 aromatic heterocycles. The quantitative estimate of drug-likeness (QED) is 0.603. The van der Waals surface area contributed by atoms with Crippen LogP contribution >= 0.6 is 0 Å². The fourth-order valence-electron chi connectivity index (χ4n) is 1.86. The van der Waals surface area contributed by atoms with Crippen molar-refractivity contribution >= 4 is 11.9 Å². The van der Waals surface area contributed by atoms with Gasteiger partial charge in [-0.2, -0.15) is 0 Å².